The van der Waals surface area contributed by atoms with Crippen molar-refractivity contribution in [2.24, 2.45) is 24.8 Å². The average molecular weight is 217 g/mol. The number of aryl methyl sites for hydroxylation is 1. The van der Waals surface area contributed by atoms with Crippen molar-refractivity contribution in [3.05, 3.63) is 24.4 Å². The molecule has 3 nitrogen and oxygen atoms in total. The Labute approximate surface area is 96.5 Å². The van der Waals surface area contributed by atoms with Crippen LogP contribution in [0.3, 0.4) is 0 Å². The van der Waals surface area contributed by atoms with E-state index in [1.165, 1.54) is 12.8 Å². The maximum atomic E-state index is 4.37. The third-order valence-electron chi connectivity index (χ3n) is 4.06. The van der Waals surface area contributed by atoms with Crippen LogP contribution >= 0.6 is 0 Å². The Kier molecular flexibility index (Phi) is 2.27. The first-order valence-electron chi connectivity index (χ1n) is 6.17. The first-order valence-corrected chi connectivity index (χ1v) is 6.17. The van der Waals surface area contributed by atoms with Gasteiger partial charge in [-0.15, -0.1) is 0 Å². The zero-order chi connectivity index (χ0) is 11.1. The van der Waals surface area contributed by atoms with Crippen LogP contribution in [0.1, 0.15) is 19.8 Å². The SMILES string of the molecule is CC(Nc1ccn(C)n1)C1CC2C=CC1C2. The third-order valence-corrected chi connectivity index (χ3v) is 4.06. The van der Waals surface area contributed by atoms with Crippen LogP contribution in [0.25, 0.3) is 0 Å². The molecule has 2 aliphatic carbocycles. The van der Waals surface area contributed by atoms with E-state index < -0.39 is 0 Å². The van der Waals surface area contributed by atoms with Gasteiger partial charge in [0.15, 0.2) is 0 Å². The monoisotopic (exact) mass is 217 g/mol. The number of fused-ring (bicyclic) bond motifs is 2. The van der Waals surface area contributed by atoms with Crippen LogP contribution in [0, 0.1) is 17.8 Å². The molecule has 1 saturated carbocycles. The fourth-order valence-electron chi connectivity index (χ4n) is 3.23. The molecule has 4 atom stereocenters. The van der Waals surface area contributed by atoms with E-state index in [0.29, 0.717) is 6.04 Å². The highest BCUT2D eigenvalue weighted by molar-refractivity contribution is 5.34. The molecular weight excluding hydrogens is 198 g/mol. The Morgan fingerprint density at radius 2 is 2.31 bits per heavy atom. The van der Waals surface area contributed by atoms with E-state index in [2.05, 4.69) is 29.5 Å². The highest BCUT2D eigenvalue weighted by Gasteiger charge is 2.38. The van der Waals surface area contributed by atoms with Gasteiger partial charge in [-0.1, -0.05) is 12.2 Å². The number of hydrogen-bond acceptors (Lipinski definition) is 2. The van der Waals surface area contributed by atoms with Gasteiger partial charge in [0.2, 0.25) is 0 Å². The number of aromatic nitrogens is 2. The second-order valence-electron chi connectivity index (χ2n) is 5.25. The van der Waals surface area contributed by atoms with Gasteiger partial charge in [0.25, 0.3) is 0 Å². The van der Waals surface area contributed by atoms with Gasteiger partial charge < -0.3 is 5.32 Å². The molecule has 0 amide bonds. The van der Waals surface area contributed by atoms with Crippen LogP contribution < -0.4 is 5.32 Å². The molecule has 0 aromatic carbocycles. The molecule has 1 heterocycles. The van der Waals surface area contributed by atoms with Crippen LogP contribution in [0.5, 0.6) is 0 Å². The number of hydrogen-bond donors (Lipinski definition) is 1. The van der Waals surface area contributed by atoms with Gasteiger partial charge in [-0.05, 0) is 37.5 Å². The van der Waals surface area contributed by atoms with Gasteiger partial charge in [0.05, 0.1) is 0 Å². The smallest absolute Gasteiger partial charge is 0.148 e. The summed E-state index contributed by atoms with van der Waals surface area (Å²) in [7, 11) is 1.95. The molecule has 2 aliphatic rings. The standard InChI is InChI=1S/C13H19N3/c1-9(14-13-5-6-16(2)15-13)12-8-10-3-4-11(12)7-10/h3-6,9-12H,7-8H2,1-2H3,(H,14,15). The highest BCUT2D eigenvalue weighted by Crippen LogP contribution is 2.45. The van der Waals surface area contributed by atoms with Crippen molar-refractivity contribution in [2.75, 3.05) is 5.32 Å². The predicted octanol–water partition coefficient (Wildman–Crippen LogP) is 2.43. The van der Waals surface area contributed by atoms with E-state index in [1.807, 2.05) is 24.0 Å². The summed E-state index contributed by atoms with van der Waals surface area (Å²) >= 11 is 0. The second kappa shape index (κ2) is 3.65. The molecule has 0 radical (unpaired) electrons. The summed E-state index contributed by atoms with van der Waals surface area (Å²) in [6.45, 7) is 2.29. The van der Waals surface area contributed by atoms with Gasteiger partial charge >= 0.3 is 0 Å². The molecule has 1 aromatic rings. The van der Waals surface area contributed by atoms with Crippen LogP contribution in [0.15, 0.2) is 24.4 Å². The van der Waals surface area contributed by atoms with Gasteiger partial charge in [-0.25, -0.2) is 0 Å². The van der Waals surface area contributed by atoms with Crippen LogP contribution in [-0.4, -0.2) is 15.8 Å². The molecule has 0 spiro atoms. The van der Waals surface area contributed by atoms with E-state index in [0.717, 1.165) is 23.6 Å². The molecule has 16 heavy (non-hydrogen) atoms. The highest BCUT2D eigenvalue weighted by atomic mass is 15.3. The van der Waals surface area contributed by atoms with Gasteiger partial charge in [0.1, 0.15) is 5.82 Å². The number of nitrogens with one attached hydrogen (secondary N) is 1. The summed E-state index contributed by atoms with van der Waals surface area (Å²) in [5.74, 6) is 3.44. The Morgan fingerprint density at radius 1 is 1.44 bits per heavy atom. The summed E-state index contributed by atoms with van der Waals surface area (Å²) in [5, 5.41) is 7.90. The third kappa shape index (κ3) is 1.64. The lowest BCUT2D eigenvalue weighted by atomic mass is 9.87. The van der Waals surface area contributed by atoms with Crippen LogP contribution in [0.2, 0.25) is 0 Å². The van der Waals surface area contributed by atoms with E-state index in [1.54, 1.807) is 0 Å². The van der Waals surface area contributed by atoms with E-state index >= 15 is 0 Å². The zero-order valence-electron chi connectivity index (χ0n) is 9.93. The quantitative estimate of drug-likeness (QED) is 0.788. The van der Waals surface area contributed by atoms with Crippen molar-refractivity contribution in [1.29, 1.82) is 0 Å². The lowest BCUT2D eigenvalue weighted by Crippen LogP contribution is -2.29. The number of rotatable bonds is 3. The van der Waals surface area contributed by atoms with Crippen molar-refractivity contribution in [3.63, 3.8) is 0 Å². The fraction of sp³-hybridized carbons (Fsp3) is 0.615. The molecule has 4 unspecified atom stereocenters. The normalized spacial score (nSPS) is 33.2. The summed E-state index contributed by atoms with van der Waals surface area (Å²) < 4.78 is 1.84. The van der Waals surface area contributed by atoms with Gasteiger partial charge in [0, 0.05) is 25.4 Å². The maximum absolute atomic E-state index is 4.37. The fourth-order valence-corrected chi connectivity index (χ4v) is 3.23. The second-order valence-corrected chi connectivity index (χ2v) is 5.25. The Balaban J connectivity index is 1.65. The zero-order valence-corrected chi connectivity index (χ0v) is 9.93. The molecular formula is C13H19N3. The minimum absolute atomic E-state index is 0.523. The van der Waals surface area contributed by atoms with E-state index in [-0.39, 0.29) is 0 Å². The molecule has 2 bridgehead atoms. The summed E-state index contributed by atoms with van der Waals surface area (Å²) in [6, 6.07) is 2.56. The minimum Gasteiger partial charge on any atom is -0.366 e. The van der Waals surface area contributed by atoms with Crippen molar-refractivity contribution < 1.29 is 0 Å². The first kappa shape index (κ1) is 9.94. The van der Waals surface area contributed by atoms with E-state index in [4.69, 9.17) is 0 Å². The average Bonchev–Trinajstić information content (AvgIpc) is 2.93. The molecule has 0 saturated heterocycles. The van der Waals surface area contributed by atoms with Crippen molar-refractivity contribution >= 4 is 5.82 Å². The number of nitrogens with zero attached hydrogens (tertiary/aromatic N) is 2. The number of anilines is 1. The molecule has 1 aromatic heterocycles. The number of allylic oxidation sites excluding steroid dienone is 2. The lowest BCUT2D eigenvalue weighted by molar-refractivity contribution is 0.399. The summed E-state index contributed by atoms with van der Waals surface area (Å²) in [4.78, 5) is 0. The van der Waals surface area contributed by atoms with E-state index in [9.17, 15) is 0 Å². The van der Waals surface area contributed by atoms with Gasteiger partial charge in [-0.2, -0.15) is 5.10 Å². The molecule has 1 N–H and O–H groups in total. The molecule has 1 fully saturated rings. The largest absolute Gasteiger partial charge is 0.366 e. The van der Waals surface area contributed by atoms with Gasteiger partial charge in [-0.3, -0.25) is 4.68 Å². The lowest BCUT2D eigenvalue weighted by Gasteiger charge is -2.26. The summed E-state index contributed by atoms with van der Waals surface area (Å²) in [6.07, 6.45) is 9.51. The molecule has 86 valence electrons. The Hall–Kier alpha value is -1.25. The maximum Gasteiger partial charge on any atom is 0.148 e. The predicted molar refractivity (Wildman–Crippen MR) is 65.1 cm³/mol. The molecule has 0 aliphatic heterocycles. The van der Waals surface area contributed by atoms with Crippen LogP contribution in [0.4, 0.5) is 5.82 Å². The van der Waals surface area contributed by atoms with Crippen LogP contribution in [-0.2, 0) is 7.05 Å². The molecule has 3 rings (SSSR count). The Morgan fingerprint density at radius 3 is 2.88 bits per heavy atom. The minimum atomic E-state index is 0.523. The topological polar surface area (TPSA) is 29.9 Å². The van der Waals surface area contributed by atoms with Crippen molar-refractivity contribution in [1.82, 2.24) is 9.78 Å². The molecule has 3 heteroatoms. The van der Waals surface area contributed by atoms with Crippen molar-refractivity contribution in [2.45, 2.75) is 25.8 Å². The first-order chi connectivity index (χ1) is 7.72. The summed E-state index contributed by atoms with van der Waals surface area (Å²) in [5.41, 5.74) is 0. The van der Waals surface area contributed by atoms with Crippen molar-refractivity contribution in [3.8, 4) is 0 Å². The Bertz CT molecular complexity index is 407.